The summed E-state index contributed by atoms with van der Waals surface area (Å²) < 4.78 is 33.1. The van der Waals surface area contributed by atoms with Gasteiger partial charge in [0.1, 0.15) is 17.4 Å². The maximum absolute atomic E-state index is 13.8. The van der Waals surface area contributed by atoms with Crippen LogP contribution in [0.5, 0.6) is 5.75 Å². The molecule has 2 nitrogen and oxygen atoms in total. The Morgan fingerprint density at radius 2 is 1.95 bits per heavy atom. The SMILES string of the molecule is CCNC(c1cc(F)ccc1OC)c1cccc(F)c1Br. The topological polar surface area (TPSA) is 21.3 Å². The smallest absolute Gasteiger partial charge is 0.137 e. The molecule has 0 saturated heterocycles. The van der Waals surface area contributed by atoms with Crippen LogP contribution in [0.15, 0.2) is 40.9 Å². The second-order valence-corrected chi connectivity index (χ2v) is 5.31. The van der Waals surface area contributed by atoms with Crippen molar-refractivity contribution in [3.05, 3.63) is 63.6 Å². The third-order valence-electron chi connectivity index (χ3n) is 3.20. The molecule has 0 radical (unpaired) electrons. The molecule has 2 rings (SSSR count). The van der Waals surface area contributed by atoms with E-state index < -0.39 is 0 Å². The van der Waals surface area contributed by atoms with Gasteiger partial charge in [-0.25, -0.2) is 8.78 Å². The van der Waals surface area contributed by atoms with Crippen LogP contribution in [0.3, 0.4) is 0 Å². The van der Waals surface area contributed by atoms with Crippen molar-refractivity contribution in [3.63, 3.8) is 0 Å². The summed E-state index contributed by atoms with van der Waals surface area (Å²) in [6, 6.07) is 8.75. The molecule has 0 amide bonds. The first-order chi connectivity index (χ1) is 10.1. The van der Waals surface area contributed by atoms with E-state index in [0.717, 1.165) is 0 Å². The lowest BCUT2D eigenvalue weighted by Gasteiger charge is -2.22. The molecular weight excluding hydrogens is 340 g/mol. The lowest BCUT2D eigenvalue weighted by atomic mass is 9.97. The predicted octanol–water partition coefficient (Wildman–Crippen LogP) is 4.43. The highest BCUT2D eigenvalue weighted by molar-refractivity contribution is 9.10. The van der Waals surface area contributed by atoms with Gasteiger partial charge in [-0.15, -0.1) is 0 Å². The van der Waals surface area contributed by atoms with Gasteiger partial charge in [0.05, 0.1) is 17.6 Å². The van der Waals surface area contributed by atoms with E-state index in [-0.39, 0.29) is 17.7 Å². The van der Waals surface area contributed by atoms with Crippen LogP contribution in [0.25, 0.3) is 0 Å². The molecule has 0 spiro atoms. The minimum absolute atomic E-state index is 0.356. The first-order valence-corrected chi connectivity index (χ1v) is 7.38. The third-order valence-corrected chi connectivity index (χ3v) is 4.04. The number of hydrogen-bond donors (Lipinski definition) is 1. The van der Waals surface area contributed by atoms with Crippen LogP contribution in [0, 0.1) is 11.6 Å². The van der Waals surface area contributed by atoms with Crippen LogP contribution in [0.1, 0.15) is 24.1 Å². The number of halogens is 3. The number of nitrogens with one attached hydrogen (secondary N) is 1. The summed E-state index contributed by atoms with van der Waals surface area (Å²) in [6.07, 6.45) is 0. The summed E-state index contributed by atoms with van der Waals surface area (Å²) in [5.41, 5.74) is 1.33. The van der Waals surface area contributed by atoms with Gasteiger partial charge in [-0.05, 0) is 52.3 Å². The normalized spacial score (nSPS) is 12.2. The fourth-order valence-corrected chi connectivity index (χ4v) is 2.76. The van der Waals surface area contributed by atoms with Crippen molar-refractivity contribution in [2.75, 3.05) is 13.7 Å². The molecule has 0 bridgehead atoms. The summed E-state index contributed by atoms with van der Waals surface area (Å²) in [4.78, 5) is 0. The summed E-state index contributed by atoms with van der Waals surface area (Å²) in [6.45, 7) is 2.58. The average molecular weight is 356 g/mol. The summed E-state index contributed by atoms with van der Waals surface area (Å²) >= 11 is 3.26. The van der Waals surface area contributed by atoms with E-state index >= 15 is 0 Å². The zero-order valence-corrected chi connectivity index (χ0v) is 13.4. The molecular formula is C16H16BrF2NO. The Balaban J connectivity index is 2.58. The van der Waals surface area contributed by atoms with Crippen molar-refractivity contribution in [3.8, 4) is 5.75 Å². The standard InChI is InChI=1S/C16H16BrF2NO/c1-3-20-16(11-5-4-6-13(19)15(11)17)12-9-10(18)7-8-14(12)21-2/h4-9,16,20H,3H2,1-2H3. The Bertz CT molecular complexity index is 634. The van der Waals surface area contributed by atoms with Crippen molar-refractivity contribution in [2.45, 2.75) is 13.0 Å². The van der Waals surface area contributed by atoms with E-state index in [0.29, 0.717) is 27.9 Å². The predicted molar refractivity (Wildman–Crippen MR) is 82.6 cm³/mol. The lowest BCUT2D eigenvalue weighted by molar-refractivity contribution is 0.402. The molecule has 0 aromatic heterocycles. The minimum atomic E-state index is -0.370. The van der Waals surface area contributed by atoms with Crippen LogP contribution in [-0.4, -0.2) is 13.7 Å². The molecule has 0 aliphatic heterocycles. The highest BCUT2D eigenvalue weighted by atomic mass is 79.9. The van der Waals surface area contributed by atoms with E-state index in [4.69, 9.17) is 4.74 Å². The highest BCUT2D eigenvalue weighted by Crippen LogP contribution is 2.35. The molecule has 0 heterocycles. The van der Waals surface area contributed by atoms with Crippen LogP contribution >= 0.6 is 15.9 Å². The number of ether oxygens (including phenoxy) is 1. The molecule has 2 aromatic rings. The van der Waals surface area contributed by atoms with Crippen molar-refractivity contribution < 1.29 is 13.5 Å². The zero-order valence-electron chi connectivity index (χ0n) is 11.8. The van der Waals surface area contributed by atoms with Crippen LogP contribution in [0.4, 0.5) is 8.78 Å². The van der Waals surface area contributed by atoms with Crippen LogP contribution in [-0.2, 0) is 0 Å². The monoisotopic (exact) mass is 355 g/mol. The zero-order chi connectivity index (χ0) is 15.4. The van der Waals surface area contributed by atoms with Gasteiger partial charge in [-0.2, -0.15) is 0 Å². The quantitative estimate of drug-likeness (QED) is 0.856. The van der Waals surface area contributed by atoms with Gasteiger partial charge in [-0.1, -0.05) is 19.1 Å². The number of methoxy groups -OCH3 is 1. The maximum atomic E-state index is 13.8. The third kappa shape index (κ3) is 3.41. The Morgan fingerprint density at radius 3 is 2.62 bits per heavy atom. The average Bonchev–Trinajstić information content (AvgIpc) is 2.48. The van der Waals surface area contributed by atoms with Gasteiger partial charge in [0.25, 0.3) is 0 Å². The largest absolute Gasteiger partial charge is 0.496 e. The first-order valence-electron chi connectivity index (χ1n) is 6.59. The molecule has 1 unspecified atom stereocenters. The maximum Gasteiger partial charge on any atom is 0.137 e. The lowest BCUT2D eigenvalue weighted by Crippen LogP contribution is -2.23. The molecule has 2 aromatic carbocycles. The Hall–Kier alpha value is -1.46. The number of hydrogen-bond acceptors (Lipinski definition) is 2. The molecule has 5 heteroatoms. The van der Waals surface area contributed by atoms with Gasteiger partial charge < -0.3 is 10.1 Å². The van der Waals surface area contributed by atoms with Crippen molar-refractivity contribution in [1.82, 2.24) is 5.32 Å². The van der Waals surface area contributed by atoms with E-state index in [2.05, 4.69) is 21.2 Å². The van der Waals surface area contributed by atoms with Crippen molar-refractivity contribution in [2.24, 2.45) is 0 Å². The molecule has 1 atom stereocenters. The van der Waals surface area contributed by atoms with Gasteiger partial charge in [0.15, 0.2) is 0 Å². The van der Waals surface area contributed by atoms with Crippen molar-refractivity contribution in [1.29, 1.82) is 0 Å². The van der Waals surface area contributed by atoms with Gasteiger partial charge in [-0.3, -0.25) is 0 Å². The molecule has 21 heavy (non-hydrogen) atoms. The minimum Gasteiger partial charge on any atom is -0.496 e. The van der Waals surface area contributed by atoms with Crippen molar-refractivity contribution >= 4 is 15.9 Å². The fourth-order valence-electron chi connectivity index (χ4n) is 2.27. The number of benzene rings is 2. The van der Waals surface area contributed by atoms with E-state index in [1.165, 1.54) is 25.3 Å². The molecule has 0 saturated carbocycles. The summed E-state index contributed by atoms with van der Waals surface area (Å²) in [5, 5.41) is 3.24. The van der Waals surface area contributed by atoms with E-state index in [9.17, 15) is 8.78 Å². The van der Waals surface area contributed by atoms with E-state index in [1.54, 1.807) is 18.2 Å². The van der Waals surface area contributed by atoms with Gasteiger partial charge >= 0.3 is 0 Å². The molecule has 0 aliphatic rings. The molecule has 0 aliphatic carbocycles. The van der Waals surface area contributed by atoms with Crippen LogP contribution < -0.4 is 10.1 Å². The summed E-state index contributed by atoms with van der Waals surface area (Å²) in [7, 11) is 1.53. The number of rotatable bonds is 5. The molecule has 112 valence electrons. The second kappa shape index (κ2) is 7.00. The van der Waals surface area contributed by atoms with Gasteiger partial charge in [0.2, 0.25) is 0 Å². The summed E-state index contributed by atoms with van der Waals surface area (Å²) in [5.74, 6) is -0.162. The second-order valence-electron chi connectivity index (χ2n) is 4.52. The fraction of sp³-hybridized carbons (Fsp3) is 0.250. The Labute approximate surface area is 131 Å². The molecule has 1 N–H and O–H groups in total. The van der Waals surface area contributed by atoms with Gasteiger partial charge in [0, 0.05) is 5.56 Å². The Morgan fingerprint density at radius 1 is 1.19 bits per heavy atom. The first kappa shape index (κ1) is 15.9. The molecule has 0 fully saturated rings. The van der Waals surface area contributed by atoms with E-state index in [1.807, 2.05) is 6.92 Å². The van der Waals surface area contributed by atoms with Crippen LogP contribution in [0.2, 0.25) is 0 Å². The highest BCUT2D eigenvalue weighted by Gasteiger charge is 2.21. The Kier molecular flexibility index (Phi) is 5.31.